The SMILES string of the molecule is CCC([NH3+])C(=O)N1CCCC1B1OC2C3CC(C[C@]2(C)O1)C3(C)C. The summed E-state index contributed by atoms with van der Waals surface area (Å²) in [5.74, 6) is 1.57. The van der Waals surface area contributed by atoms with Crippen LogP contribution in [0, 0.1) is 17.3 Å². The Bertz CT molecular complexity index is 542. The molecule has 5 rings (SSSR count). The van der Waals surface area contributed by atoms with Crippen molar-refractivity contribution in [1.82, 2.24) is 4.90 Å². The molecule has 6 heteroatoms. The van der Waals surface area contributed by atoms with Crippen LogP contribution in [-0.2, 0) is 14.1 Å². The predicted octanol–water partition coefficient (Wildman–Crippen LogP) is 1.27. The number of likely N-dealkylation sites (tertiary alicyclic amines) is 1. The highest BCUT2D eigenvalue weighted by molar-refractivity contribution is 6.48. The van der Waals surface area contributed by atoms with Gasteiger partial charge in [-0.2, -0.15) is 0 Å². The maximum absolute atomic E-state index is 12.7. The van der Waals surface area contributed by atoms with Crippen LogP contribution < -0.4 is 5.73 Å². The average Bonchev–Trinajstić information content (AvgIpc) is 3.15. The average molecular weight is 335 g/mol. The van der Waals surface area contributed by atoms with Gasteiger partial charge in [-0.15, -0.1) is 0 Å². The van der Waals surface area contributed by atoms with Crippen LogP contribution in [0.15, 0.2) is 0 Å². The zero-order valence-electron chi connectivity index (χ0n) is 15.6. The van der Waals surface area contributed by atoms with Crippen molar-refractivity contribution >= 4 is 13.0 Å². The third-order valence-electron chi connectivity index (χ3n) is 7.57. The molecule has 2 heterocycles. The molecule has 0 aromatic heterocycles. The molecule has 0 spiro atoms. The molecule has 5 unspecified atom stereocenters. The largest absolute Gasteiger partial charge is 0.481 e. The molecule has 0 aromatic rings. The molecule has 2 aliphatic heterocycles. The summed E-state index contributed by atoms with van der Waals surface area (Å²) >= 11 is 0. The molecule has 5 fully saturated rings. The number of hydrogen-bond acceptors (Lipinski definition) is 3. The van der Waals surface area contributed by atoms with Gasteiger partial charge in [0.05, 0.1) is 17.6 Å². The summed E-state index contributed by atoms with van der Waals surface area (Å²) in [6, 6.07) is -0.156. The normalized spacial score (nSPS) is 44.2. The van der Waals surface area contributed by atoms with Crippen molar-refractivity contribution in [3.63, 3.8) is 0 Å². The van der Waals surface area contributed by atoms with Gasteiger partial charge in [0.25, 0.3) is 5.91 Å². The fourth-order valence-electron chi connectivity index (χ4n) is 5.67. The van der Waals surface area contributed by atoms with Crippen molar-refractivity contribution in [2.75, 3.05) is 6.54 Å². The molecule has 0 radical (unpaired) electrons. The second-order valence-electron chi connectivity index (χ2n) is 9.27. The summed E-state index contributed by atoms with van der Waals surface area (Å²) in [6.07, 6.45) is 5.34. The van der Waals surface area contributed by atoms with E-state index < -0.39 is 0 Å². The Morgan fingerprint density at radius 2 is 2.17 bits per heavy atom. The zero-order valence-corrected chi connectivity index (χ0v) is 15.6. The van der Waals surface area contributed by atoms with E-state index in [0.29, 0.717) is 11.3 Å². The second-order valence-corrected chi connectivity index (χ2v) is 9.27. The molecule has 1 amide bonds. The second kappa shape index (κ2) is 5.45. The van der Waals surface area contributed by atoms with Crippen LogP contribution in [-0.4, -0.2) is 48.2 Å². The summed E-state index contributed by atoms with van der Waals surface area (Å²) in [7, 11) is -0.259. The first kappa shape index (κ1) is 16.9. The molecule has 2 saturated heterocycles. The van der Waals surface area contributed by atoms with Crippen LogP contribution in [0.4, 0.5) is 0 Å². The van der Waals surface area contributed by atoms with E-state index in [9.17, 15) is 4.79 Å². The quantitative estimate of drug-likeness (QED) is 0.790. The fraction of sp³-hybridized carbons (Fsp3) is 0.944. The third-order valence-corrected chi connectivity index (χ3v) is 7.57. The first-order valence-electron chi connectivity index (χ1n) is 9.74. The standard InChI is InChI=1S/C18H31BN2O3/c1-5-13(20)16(22)21-8-6-7-14(21)19-23-15-12-9-11(17(12,2)3)10-18(15,4)24-19/h11-15H,5-10,20H2,1-4H3/p+1/t11?,12?,13?,14?,15?,18-/m0/s1. The van der Waals surface area contributed by atoms with Gasteiger partial charge in [-0.05, 0) is 49.9 Å². The number of quaternary nitrogens is 1. The third kappa shape index (κ3) is 2.22. The molecule has 3 N–H and O–H groups in total. The lowest BCUT2D eigenvalue weighted by Crippen LogP contribution is -2.68. The van der Waals surface area contributed by atoms with Crippen molar-refractivity contribution in [3.05, 3.63) is 0 Å². The van der Waals surface area contributed by atoms with Crippen LogP contribution >= 0.6 is 0 Å². The van der Waals surface area contributed by atoms with Gasteiger partial charge >= 0.3 is 7.12 Å². The molecule has 3 saturated carbocycles. The van der Waals surface area contributed by atoms with Crippen LogP contribution in [0.1, 0.15) is 59.8 Å². The van der Waals surface area contributed by atoms with Crippen molar-refractivity contribution in [3.8, 4) is 0 Å². The minimum absolute atomic E-state index is 0.0658. The van der Waals surface area contributed by atoms with E-state index >= 15 is 0 Å². The Labute approximate surface area is 145 Å². The Hall–Kier alpha value is -0.585. The number of nitrogens with zero attached hydrogens (tertiary/aromatic N) is 1. The topological polar surface area (TPSA) is 66.4 Å². The van der Waals surface area contributed by atoms with E-state index in [0.717, 1.165) is 38.1 Å². The van der Waals surface area contributed by atoms with Crippen molar-refractivity contribution in [2.45, 2.75) is 83.5 Å². The van der Waals surface area contributed by atoms with Gasteiger partial charge in [-0.1, -0.05) is 20.8 Å². The molecule has 2 bridgehead atoms. The number of carbonyl (C=O) groups is 1. The lowest BCUT2D eigenvalue weighted by atomic mass is 9.45. The number of amides is 1. The van der Waals surface area contributed by atoms with Gasteiger partial charge in [0.15, 0.2) is 6.04 Å². The van der Waals surface area contributed by atoms with Gasteiger partial charge in [-0.25, -0.2) is 0 Å². The first-order chi connectivity index (χ1) is 11.3. The maximum atomic E-state index is 12.7. The highest BCUT2D eigenvalue weighted by Crippen LogP contribution is 2.64. The lowest BCUT2D eigenvalue weighted by molar-refractivity contribution is -0.406. The van der Waals surface area contributed by atoms with Gasteiger partial charge in [0.2, 0.25) is 0 Å². The predicted molar refractivity (Wildman–Crippen MR) is 91.8 cm³/mol. The van der Waals surface area contributed by atoms with Gasteiger partial charge < -0.3 is 19.9 Å². The molecule has 6 atom stereocenters. The molecule has 5 aliphatic rings. The van der Waals surface area contributed by atoms with Gasteiger partial charge in [-0.3, -0.25) is 4.79 Å². The number of carbonyl (C=O) groups excluding carboxylic acids is 1. The van der Waals surface area contributed by atoms with Crippen LogP contribution in [0.3, 0.4) is 0 Å². The van der Waals surface area contributed by atoms with E-state index in [1.165, 1.54) is 6.42 Å². The molecule has 24 heavy (non-hydrogen) atoms. The summed E-state index contributed by atoms with van der Waals surface area (Å²) in [6.45, 7) is 9.82. The van der Waals surface area contributed by atoms with Crippen LogP contribution in [0.2, 0.25) is 0 Å². The number of hydrogen-bond donors (Lipinski definition) is 1. The van der Waals surface area contributed by atoms with Crippen LogP contribution in [0.5, 0.6) is 0 Å². The Kier molecular flexibility index (Phi) is 3.83. The van der Waals surface area contributed by atoms with E-state index in [-0.39, 0.29) is 36.7 Å². The highest BCUT2D eigenvalue weighted by atomic mass is 16.7. The maximum Gasteiger partial charge on any atom is 0.481 e. The van der Waals surface area contributed by atoms with E-state index in [1.807, 2.05) is 11.8 Å². The smallest absolute Gasteiger partial charge is 0.404 e. The molecular weight excluding hydrogens is 303 g/mol. The zero-order chi connectivity index (χ0) is 17.3. The van der Waals surface area contributed by atoms with E-state index in [2.05, 4.69) is 26.5 Å². The monoisotopic (exact) mass is 335 g/mol. The Morgan fingerprint density at radius 3 is 2.83 bits per heavy atom. The first-order valence-corrected chi connectivity index (χ1v) is 9.74. The van der Waals surface area contributed by atoms with Gasteiger partial charge in [0, 0.05) is 13.0 Å². The van der Waals surface area contributed by atoms with Crippen molar-refractivity contribution in [2.24, 2.45) is 17.3 Å². The Morgan fingerprint density at radius 1 is 1.42 bits per heavy atom. The fourth-order valence-corrected chi connectivity index (χ4v) is 5.67. The summed E-state index contributed by atoms with van der Waals surface area (Å²) in [5, 5.41) is 0. The van der Waals surface area contributed by atoms with E-state index in [4.69, 9.17) is 9.31 Å². The van der Waals surface area contributed by atoms with Crippen molar-refractivity contribution < 1.29 is 19.8 Å². The van der Waals surface area contributed by atoms with Crippen LogP contribution in [0.25, 0.3) is 0 Å². The highest BCUT2D eigenvalue weighted by Gasteiger charge is 2.67. The van der Waals surface area contributed by atoms with Gasteiger partial charge in [0.1, 0.15) is 0 Å². The minimum atomic E-state index is -0.259. The molecule has 3 aliphatic carbocycles. The summed E-state index contributed by atoms with van der Waals surface area (Å²) < 4.78 is 13.0. The molecule has 134 valence electrons. The van der Waals surface area contributed by atoms with E-state index in [1.54, 1.807) is 0 Å². The molecule has 5 nitrogen and oxygen atoms in total. The Balaban J connectivity index is 1.51. The lowest BCUT2D eigenvalue weighted by Gasteiger charge is -2.63. The summed E-state index contributed by atoms with van der Waals surface area (Å²) in [5.41, 5.74) is 4.22. The molecule has 0 aromatic carbocycles. The van der Waals surface area contributed by atoms with Crippen molar-refractivity contribution in [1.29, 1.82) is 0 Å². The minimum Gasteiger partial charge on any atom is -0.404 e. The number of rotatable bonds is 3. The summed E-state index contributed by atoms with van der Waals surface area (Å²) in [4.78, 5) is 14.7. The molecular formula is C18H32BN2O3+.